The lowest BCUT2D eigenvalue weighted by Gasteiger charge is -2.29. The van der Waals surface area contributed by atoms with Gasteiger partial charge in [-0.15, -0.1) is 0 Å². The highest BCUT2D eigenvalue weighted by Crippen LogP contribution is 2.27. The maximum Gasteiger partial charge on any atom is 0.280 e. The molecule has 0 aromatic heterocycles. The zero-order valence-electron chi connectivity index (χ0n) is 24.6. The molecule has 3 aromatic carbocycles. The number of nitrogens with two attached hydrogens (primary N) is 1. The third kappa shape index (κ3) is 9.51. The smallest absolute Gasteiger partial charge is 0.280 e. The van der Waals surface area contributed by atoms with Crippen molar-refractivity contribution < 1.29 is 14.0 Å². The lowest BCUT2D eigenvalue weighted by Crippen LogP contribution is -2.49. The van der Waals surface area contributed by atoms with Crippen molar-refractivity contribution in [3.8, 4) is 0 Å². The van der Waals surface area contributed by atoms with E-state index in [1.807, 2.05) is 47.4 Å². The van der Waals surface area contributed by atoms with Gasteiger partial charge in [-0.2, -0.15) is 0 Å². The van der Waals surface area contributed by atoms with Crippen LogP contribution in [0.25, 0.3) is 6.08 Å². The van der Waals surface area contributed by atoms with Gasteiger partial charge in [-0.3, -0.25) is 14.6 Å². The van der Waals surface area contributed by atoms with Gasteiger partial charge in [0.05, 0.1) is 6.04 Å². The van der Waals surface area contributed by atoms with Gasteiger partial charge < -0.3 is 26.6 Å². The third-order valence-corrected chi connectivity index (χ3v) is 7.64. The molecule has 0 bridgehead atoms. The Kier molecular flexibility index (Phi) is 11.9. The van der Waals surface area contributed by atoms with E-state index >= 15 is 0 Å². The average Bonchev–Trinajstić information content (AvgIpc) is 3.19. The molecule has 2 atom stereocenters. The second kappa shape index (κ2) is 16.2. The number of benzene rings is 3. The standard InChI is InChI=1S/C34H41FN6O2/c1-37-34(36)38-20-11-18-31-33(43)41(24-29(26-14-7-3-8-15-26)27-16-9-4-10-17-27)21-19-28(40-31)23-39-32(42)30(35)22-25-12-5-2-6-13-25/h2-10,12-17,22,28-29,31,40H,11,18-21,23-24H2,1H3,(H,39,42)(H3,36,37,38)/b30-22-. The molecular formula is C34H41FN6O2. The summed E-state index contributed by atoms with van der Waals surface area (Å²) in [5.41, 5.74) is 8.65. The lowest BCUT2D eigenvalue weighted by atomic mass is 9.90. The van der Waals surface area contributed by atoms with Crippen LogP contribution >= 0.6 is 0 Å². The Labute approximate surface area is 253 Å². The molecule has 1 aliphatic heterocycles. The lowest BCUT2D eigenvalue weighted by molar-refractivity contribution is -0.133. The van der Waals surface area contributed by atoms with Crippen LogP contribution in [0.3, 0.4) is 0 Å². The quantitative estimate of drug-likeness (QED) is 0.112. The molecule has 0 radical (unpaired) electrons. The molecule has 1 saturated heterocycles. The highest BCUT2D eigenvalue weighted by Gasteiger charge is 2.32. The van der Waals surface area contributed by atoms with Crippen molar-refractivity contribution in [2.75, 3.05) is 33.2 Å². The van der Waals surface area contributed by atoms with Gasteiger partial charge in [0.1, 0.15) is 0 Å². The number of halogens is 1. The summed E-state index contributed by atoms with van der Waals surface area (Å²) in [4.78, 5) is 32.4. The topological polar surface area (TPSA) is 112 Å². The summed E-state index contributed by atoms with van der Waals surface area (Å²) in [6.45, 7) is 1.80. The van der Waals surface area contributed by atoms with Crippen LogP contribution in [0.2, 0.25) is 0 Å². The van der Waals surface area contributed by atoms with Crippen molar-refractivity contribution in [1.29, 1.82) is 0 Å². The highest BCUT2D eigenvalue weighted by atomic mass is 19.1. The number of guanidine groups is 1. The maximum atomic E-state index is 14.6. The van der Waals surface area contributed by atoms with Gasteiger partial charge in [-0.25, -0.2) is 4.39 Å². The number of amides is 2. The van der Waals surface area contributed by atoms with Crippen molar-refractivity contribution in [2.24, 2.45) is 10.7 Å². The Hall–Kier alpha value is -4.50. The SMILES string of the molecule is CN=C(N)NCCCC1NC(CNC(=O)/C(F)=C/c2ccccc2)CCN(CC(c2ccccc2)c2ccccc2)C1=O. The number of aliphatic imine (C=N–C) groups is 1. The maximum absolute atomic E-state index is 14.6. The summed E-state index contributed by atoms with van der Waals surface area (Å²) < 4.78 is 14.6. The molecule has 1 fully saturated rings. The van der Waals surface area contributed by atoms with Crippen LogP contribution in [0.15, 0.2) is 102 Å². The van der Waals surface area contributed by atoms with Gasteiger partial charge in [0.25, 0.3) is 5.91 Å². The van der Waals surface area contributed by atoms with Gasteiger partial charge in [0.15, 0.2) is 11.8 Å². The average molecular weight is 585 g/mol. The molecule has 8 nitrogen and oxygen atoms in total. The number of hydrogen-bond donors (Lipinski definition) is 4. The fourth-order valence-electron chi connectivity index (χ4n) is 5.29. The summed E-state index contributed by atoms with van der Waals surface area (Å²) in [6.07, 6.45) is 3.07. The Balaban J connectivity index is 1.48. The monoisotopic (exact) mass is 584 g/mol. The van der Waals surface area contributed by atoms with Crippen molar-refractivity contribution in [3.63, 3.8) is 0 Å². The first-order valence-electron chi connectivity index (χ1n) is 14.8. The van der Waals surface area contributed by atoms with Crippen molar-refractivity contribution in [3.05, 3.63) is 114 Å². The van der Waals surface area contributed by atoms with Gasteiger partial charge in [-0.1, -0.05) is 91.0 Å². The number of rotatable bonds is 12. The van der Waals surface area contributed by atoms with Crippen LogP contribution < -0.4 is 21.7 Å². The minimum atomic E-state index is -0.858. The van der Waals surface area contributed by atoms with Crippen LogP contribution in [-0.2, 0) is 9.59 Å². The van der Waals surface area contributed by atoms with Crippen LogP contribution in [-0.4, -0.2) is 68.0 Å². The number of carbonyl (C=O) groups is 2. The Morgan fingerprint density at radius 2 is 1.63 bits per heavy atom. The molecule has 5 N–H and O–H groups in total. The Morgan fingerprint density at radius 3 is 2.23 bits per heavy atom. The van der Waals surface area contributed by atoms with E-state index in [-0.39, 0.29) is 24.4 Å². The minimum Gasteiger partial charge on any atom is -0.370 e. The largest absolute Gasteiger partial charge is 0.370 e. The molecule has 0 aliphatic carbocycles. The van der Waals surface area contributed by atoms with Crippen LogP contribution in [0, 0.1) is 0 Å². The minimum absolute atomic E-state index is 0.00250. The van der Waals surface area contributed by atoms with Crippen molar-refractivity contribution in [2.45, 2.75) is 37.3 Å². The molecule has 9 heteroatoms. The number of hydrogen-bond acceptors (Lipinski definition) is 4. The summed E-state index contributed by atoms with van der Waals surface area (Å²) in [7, 11) is 1.61. The molecule has 2 amide bonds. The van der Waals surface area contributed by atoms with Crippen LogP contribution in [0.1, 0.15) is 41.9 Å². The predicted octanol–water partition coefficient (Wildman–Crippen LogP) is 3.82. The molecular weight excluding hydrogens is 543 g/mol. The van der Waals surface area contributed by atoms with E-state index in [2.05, 4.69) is 45.2 Å². The fourth-order valence-corrected chi connectivity index (χ4v) is 5.29. The number of carbonyl (C=O) groups excluding carboxylic acids is 2. The summed E-state index contributed by atoms with van der Waals surface area (Å²) in [5.74, 6) is -1.27. The first-order chi connectivity index (χ1) is 20.9. The van der Waals surface area contributed by atoms with Gasteiger partial charge >= 0.3 is 0 Å². The highest BCUT2D eigenvalue weighted by molar-refractivity contribution is 5.95. The molecule has 1 aliphatic rings. The molecule has 226 valence electrons. The second-order valence-electron chi connectivity index (χ2n) is 10.7. The van der Waals surface area contributed by atoms with Crippen molar-refractivity contribution in [1.82, 2.24) is 20.9 Å². The zero-order valence-corrected chi connectivity index (χ0v) is 24.6. The molecule has 2 unspecified atom stereocenters. The molecule has 43 heavy (non-hydrogen) atoms. The van der Waals surface area contributed by atoms with Gasteiger partial charge in [-0.05, 0) is 42.0 Å². The second-order valence-corrected chi connectivity index (χ2v) is 10.7. The van der Waals surface area contributed by atoms with E-state index < -0.39 is 17.8 Å². The summed E-state index contributed by atoms with van der Waals surface area (Å²) in [6, 6.07) is 28.6. The molecule has 0 saturated carbocycles. The fraction of sp³-hybridized carbons (Fsp3) is 0.324. The molecule has 0 spiro atoms. The van der Waals surface area contributed by atoms with Crippen molar-refractivity contribution >= 4 is 23.8 Å². The molecule has 4 rings (SSSR count). The van der Waals surface area contributed by atoms with E-state index in [9.17, 15) is 14.0 Å². The third-order valence-electron chi connectivity index (χ3n) is 7.64. The van der Waals surface area contributed by atoms with E-state index in [0.29, 0.717) is 50.4 Å². The Morgan fingerprint density at radius 1 is 1.02 bits per heavy atom. The zero-order chi connectivity index (χ0) is 30.4. The first-order valence-corrected chi connectivity index (χ1v) is 14.8. The van der Waals surface area contributed by atoms with E-state index in [4.69, 9.17) is 5.73 Å². The Bertz CT molecular complexity index is 1330. The first kappa shape index (κ1) is 31.4. The summed E-state index contributed by atoms with van der Waals surface area (Å²) >= 11 is 0. The summed E-state index contributed by atoms with van der Waals surface area (Å²) in [5, 5.41) is 9.21. The normalized spacial score (nSPS) is 17.9. The molecule has 1 heterocycles. The van der Waals surface area contributed by atoms with Gasteiger partial charge in [0.2, 0.25) is 5.91 Å². The van der Waals surface area contributed by atoms with E-state index in [1.54, 1.807) is 31.3 Å². The van der Waals surface area contributed by atoms with E-state index in [1.165, 1.54) is 6.08 Å². The van der Waals surface area contributed by atoms with E-state index in [0.717, 1.165) is 11.1 Å². The van der Waals surface area contributed by atoms with Crippen LogP contribution in [0.5, 0.6) is 0 Å². The van der Waals surface area contributed by atoms with Crippen LogP contribution in [0.4, 0.5) is 4.39 Å². The number of nitrogens with one attached hydrogen (secondary N) is 3. The van der Waals surface area contributed by atoms with Gasteiger partial charge in [0, 0.05) is 45.2 Å². The molecule has 3 aromatic rings. The number of nitrogens with zero attached hydrogens (tertiary/aromatic N) is 2. The predicted molar refractivity (Wildman–Crippen MR) is 170 cm³/mol.